The van der Waals surface area contributed by atoms with Crippen molar-refractivity contribution in [1.29, 1.82) is 0 Å². The maximum atomic E-state index is 10.9. The third kappa shape index (κ3) is 3.93. The highest BCUT2D eigenvalue weighted by molar-refractivity contribution is 5.60. The van der Waals surface area contributed by atoms with E-state index in [4.69, 9.17) is 0 Å². The number of hydrogen-bond acceptors (Lipinski definition) is 4. The third-order valence-corrected chi connectivity index (χ3v) is 3.98. The molecule has 5 heteroatoms. The molecule has 0 aromatic heterocycles. The molecule has 0 amide bonds. The molecule has 1 atom stereocenters. The predicted molar refractivity (Wildman–Crippen MR) is 81.1 cm³/mol. The summed E-state index contributed by atoms with van der Waals surface area (Å²) < 4.78 is 0. The topological polar surface area (TPSA) is 58.4 Å². The lowest BCUT2D eigenvalue weighted by molar-refractivity contribution is -0.384. The number of para-hydroxylation sites is 2. The van der Waals surface area contributed by atoms with Gasteiger partial charge in [0.05, 0.1) is 4.92 Å². The summed E-state index contributed by atoms with van der Waals surface area (Å²) in [6.07, 6.45) is 4.93. The van der Waals surface area contributed by atoms with Gasteiger partial charge in [-0.2, -0.15) is 0 Å². The Morgan fingerprint density at radius 3 is 2.95 bits per heavy atom. The summed E-state index contributed by atoms with van der Waals surface area (Å²) in [5, 5.41) is 14.1. The van der Waals surface area contributed by atoms with Crippen LogP contribution in [-0.4, -0.2) is 35.5 Å². The van der Waals surface area contributed by atoms with Gasteiger partial charge < -0.3 is 10.2 Å². The van der Waals surface area contributed by atoms with Crippen molar-refractivity contribution in [3.05, 3.63) is 34.4 Å². The number of piperidine rings is 1. The van der Waals surface area contributed by atoms with E-state index in [1.54, 1.807) is 12.1 Å². The minimum atomic E-state index is -0.338. The Balaban J connectivity index is 1.77. The first-order valence-corrected chi connectivity index (χ1v) is 7.40. The van der Waals surface area contributed by atoms with Gasteiger partial charge in [0.2, 0.25) is 0 Å². The molecular weight excluding hydrogens is 254 g/mol. The van der Waals surface area contributed by atoms with Gasteiger partial charge >= 0.3 is 0 Å². The van der Waals surface area contributed by atoms with Crippen LogP contribution in [0.2, 0.25) is 0 Å². The Hall–Kier alpha value is -1.62. The SMILES string of the molecule is CC1CCCCN1CCCNc1ccccc1[N+](=O)[O-]. The predicted octanol–water partition coefficient (Wildman–Crippen LogP) is 3.27. The molecule has 0 aliphatic carbocycles. The summed E-state index contributed by atoms with van der Waals surface area (Å²) in [5.74, 6) is 0. The summed E-state index contributed by atoms with van der Waals surface area (Å²) in [6.45, 7) is 5.31. The average molecular weight is 277 g/mol. The highest BCUT2D eigenvalue weighted by Crippen LogP contribution is 2.23. The molecule has 5 nitrogen and oxygen atoms in total. The summed E-state index contributed by atoms with van der Waals surface area (Å²) in [4.78, 5) is 13.1. The van der Waals surface area contributed by atoms with E-state index in [1.165, 1.54) is 31.9 Å². The monoisotopic (exact) mass is 277 g/mol. The van der Waals surface area contributed by atoms with Crippen LogP contribution < -0.4 is 5.32 Å². The third-order valence-electron chi connectivity index (χ3n) is 3.98. The van der Waals surface area contributed by atoms with Crippen LogP contribution in [0.15, 0.2) is 24.3 Å². The molecule has 1 saturated heterocycles. The fourth-order valence-corrected chi connectivity index (χ4v) is 2.78. The summed E-state index contributed by atoms with van der Waals surface area (Å²) in [6, 6.07) is 7.49. The molecule has 1 aromatic carbocycles. The molecule has 110 valence electrons. The molecule has 0 spiro atoms. The maximum Gasteiger partial charge on any atom is 0.292 e. The van der Waals surface area contributed by atoms with E-state index < -0.39 is 0 Å². The van der Waals surface area contributed by atoms with Crippen LogP contribution in [0.4, 0.5) is 11.4 Å². The second-order valence-electron chi connectivity index (χ2n) is 5.44. The van der Waals surface area contributed by atoms with Crippen molar-refractivity contribution in [2.75, 3.05) is 25.0 Å². The Bertz CT molecular complexity index is 450. The average Bonchev–Trinajstić information content (AvgIpc) is 2.45. The standard InChI is InChI=1S/C15H23N3O2/c1-13-7-4-5-11-17(13)12-6-10-16-14-8-2-3-9-15(14)18(19)20/h2-3,8-9,13,16H,4-7,10-12H2,1H3. The Labute approximate surface area is 120 Å². The summed E-state index contributed by atoms with van der Waals surface area (Å²) in [7, 11) is 0. The van der Waals surface area contributed by atoms with E-state index in [2.05, 4.69) is 17.1 Å². The summed E-state index contributed by atoms with van der Waals surface area (Å²) >= 11 is 0. The van der Waals surface area contributed by atoms with Gasteiger partial charge in [0, 0.05) is 25.2 Å². The van der Waals surface area contributed by atoms with E-state index >= 15 is 0 Å². The number of nitro groups is 1. The normalized spacial score (nSPS) is 19.8. The van der Waals surface area contributed by atoms with E-state index in [9.17, 15) is 10.1 Å². The molecule has 1 N–H and O–H groups in total. The zero-order valence-corrected chi connectivity index (χ0v) is 12.0. The first kappa shape index (κ1) is 14.8. The van der Waals surface area contributed by atoms with Gasteiger partial charge in [-0.1, -0.05) is 18.6 Å². The van der Waals surface area contributed by atoms with Crippen LogP contribution in [0.3, 0.4) is 0 Å². The number of anilines is 1. The zero-order chi connectivity index (χ0) is 14.4. The van der Waals surface area contributed by atoms with Crippen LogP contribution in [0.5, 0.6) is 0 Å². The van der Waals surface area contributed by atoms with Crippen LogP contribution in [0.25, 0.3) is 0 Å². The van der Waals surface area contributed by atoms with Crippen molar-refractivity contribution in [2.24, 2.45) is 0 Å². The number of rotatable bonds is 6. The quantitative estimate of drug-likeness (QED) is 0.492. The van der Waals surface area contributed by atoms with Crippen molar-refractivity contribution in [3.63, 3.8) is 0 Å². The molecule has 0 radical (unpaired) electrons. The van der Waals surface area contributed by atoms with Gasteiger partial charge in [-0.3, -0.25) is 10.1 Å². The molecule has 0 saturated carbocycles. The Kier molecular flexibility index (Phi) is 5.35. The Morgan fingerprint density at radius 2 is 2.20 bits per heavy atom. The van der Waals surface area contributed by atoms with E-state index in [-0.39, 0.29) is 10.6 Å². The molecule has 1 heterocycles. The van der Waals surface area contributed by atoms with Crippen LogP contribution in [0.1, 0.15) is 32.6 Å². The van der Waals surface area contributed by atoms with Gasteiger partial charge in [0.25, 0.3) is 5.69 Å². The van der Waals surface area contributed by atoms with E-state index in [0.717, 1.165) is 19.5 Å². The number of nitro benzene ring substituents is 1. The van der Waals surface area contributed by atoms with E-state index in [0.29, 0.717) is 11.7 Å². The van der Waals surface area contributed by atoms with Crippen molar-refractivity contribution in [1.82, 2.24) is 4.90 Å². The Morgan fingerprint density at radius 1 is 1.40 bits per heavy atom. The highest BCUT2D eigenvalue weighted by Gasteiger charge is 2.17. The number of nitrogens with zero attached hydrogens (tertiary/aromatic N) is 2. The fraction of sp³-hybridized carbons (Fsp3) is 0.600. The zero-order valence-electron chi connectivity index (χ0n) is 12.0. The molecule has 1 unspecified atom stereocenters. The summed E-state index contributed by atoms with van der Waals surface area (Å²) in [5.41, 5.74) is 0.767. The molecule has 1 aromatic rings. The lowest BCUT2D eigenvalue weighted by Crippen LogP contribution is -2.38. The minimum absolute atomic E-state index is 0.152. The fourth-order valence-electron chi connectivity index (χ4n) is 2.78. The lowest BCUT2D eigenvalue weighted by atomic mass is 10.0. The largest absolute Gasteiger partial charge is 0.379 e. The molecule has 1 aliphatic heterocycles. The van der Waals surface area contributed by atoms with Gasteiger partial charge in [0.1, 0.15) is 5.69 Å². The van der Waals surface area contributed by atoms with Crippen LogP contribution in [-0.2, 0) is 0 Å². The molecule has 2 rings (SSSR count). The smallest absolute Gasteiger partial charge is 0.292 e. The van der Waals surface area contributed by atoms with Crippen molar-refractivity contribution in [3.8, 4) is 0 Å². The first-order chi connectivity index (χ1) is 9.68. The van der Waals surface area contributed by atoms with Gasteiger partial charge in [-0.15, -0.1) is 0 Å². The molecule has 1 fully saturated rings. The molecule has 1 aliphatic rings. The van der Waals surface area contributed by atoms with Crippen molar-refractivity contribution in [2.45, 2.75) is 38.6 Å². The second-order valence-corrected chi connectivity index (χ2v) is 5.44. The van der Waals surface area contributed by atoms with Gasteiger partial charge in [0.15, 0.2) is 0 Å². The lowest BCUT2D eigenvalue weighted by Gasteiger charge is -2.33. The van der Waals surface area contributed by atoms with Crippen molar-refractivity contribution >= 4 is 11.4 Å². The van der Waals surface area contributed by atoms with Crippen LogP contribution in [0, 0.1) is 10.1 Å². The number of benzene rings is 1. The van der Waals surface area contributed by atoms with Crippen LogP contribution >= 0.6 is 0 Å². The first-order valence-electron chi connectivity index (χ1n) is 7.40. The van der Waals surface area contributed by atoms with Gasteiger partial charge in [-0.25, -0.2) is 0 Å². The highest BCUT2D eigenvalue weighted by atomic mass is 16.6. The number of hydrogen-bond donors (Lipinski definition) is 1. The minimum Gasteiger partial charge on any atom is -0.379 e. The number of likely N-dealkylation sites (tertiary alicyclic amines) is 1. The number of nitrogens with one attached hydrogen (secondary N) is 1. The molecule has 0 bridgehead atoms. The van der Waals surface area contributed by atoms with E-state index in [1.807, 2.05) is 6.07 Å². The molecular formula is C15H23N3O2. The second kappa shape index (κ2) is 7.24. The molecule has 20 heavy (non-hydrogen) atoms. The van der Waals surface area contributed by atoms with Crippen molar-refractivity contribution < 1.29 is 4.92 Å². The maximum absolute atomic E-state index is 10.9. The van der Waals surface area contributed by atoms with Gasteiger partial charge in [-0.05, 0) is 38.8 Å².